The van der Waals surface area contributed by atoms with Gasteiger partial charge in [0.1, 0.15) is 5.75 Å². The first-order valence-corrected chi connectivity index (χ1v) is 8.21. The molecule has 24 heavy (non-hydrogen) atoms. The summed E-state index contributed by atoms with van der Waals surface area (Å²) in [5, 5.41) is 12.4. The number of β-amino-alcohol motifs (C(OH)–C–C–N with tert-alkyl or cyclic N) is 1. The molecule has 0 aromatic heterocycles. The van der Waals surface area contributed by atoms with Gasteiger partial charge in [0.05, 0.1) is 12.7 Å². The van der Waals surface area contributed by atoms with Gasteiger partial charge >= 0.3 is 6.03 Å². The molecule has 0 aliphatic carbocycles. The molecule has 2 N–H and O–H groups in total. The number of nitrogens with one attached hydrogen (secondary N) is 1. The fraction of sp³-hybridized carbons (Fsp3) is 0.316. The lowest BCUT2D eigenvalue weighted by atomic mass is 10.2. The van der Waals surface area contributed by atoms with E-state index >= 15 is 0 Å². The second-order valence-corrected chi connectivity index (χ2v) is 5.93. The van der Waals surface area contributed by atoms with E-state index in [4.69, 9.17) is 4.74 Å². The fourth-order valence-electron chi connectivity index (χ4n) is 2.72. The van der Waals surface area contributed by atoms with Crippen molar-refractivity contribution in [2.24, 2.45) is 0 Å². The molecule has 1 fully saturated rings. The van der Waals surface area contributed by atoms with E-state index in [1.807, 2.05) is 42.5 Å². The highest BCUT2D eigenvalue weighted by atomic mass is 16.5. The number of rotatable bonds is 5. The van der Waals surface area contributed by atoms with Crippen LogP contribution in [0.2, 0.25) is 0 Å². The standard InChI is InChI=1S/C19H22N2O3/c22-17-9-11-21(14-17)19(23)20-16-7-4-8-18(13-16)24-12-10-15-5-2-1-3-6-15/h1-8,13,17,22H,9-12,14H2,(H,20,23). The van der Waals surface area contributed by atoms with Crippen molar-refractivity contribution in [2.75, 3.05) is 25.0 Å². The third-order valence-electron chi connectivity index (χ3n) is 4.04. The molecule has 1 heterocycles. The van der Waals surface area contributed by atoms with Crippen molar-refractivity contribution in [1.82, 2.24) is 4.90 Å². The average Bonchev–Trinajstić information content (AvgIpc) is 3.03. The van der Waals surface area contributed by atoms with Crippen LogP contribution in [0.1, 0.15) is 12.0 Å². The number of ether oxygens (including phenoxy) is 1. The van der Waals surface area contributed by atoms with Gasteiger partial charge in [-0.15, -0.1) is 0 Å². The number of anilines is 1. The summed E-state index contributed by atoms with van der Waals surface area (Å²) in [5.74, 6) is 0.727. The molecule has 0 saturated carbocycles. The Morgan fingerprint density at radius 1 is 1.21 bits per heavy atom. The molecule has 5 nitrogen and oxygen atoms in total. The molecule has 2 amide bonds. The largest absolute Gasteiger partial charge is 0.493 e. The van der Waals surface area contributed by atoms with Crippen molar-refractivity contribution in [3.8, 4) is 5.75 Å². The maximum absolute atomic E-state index is 12.1. The number of hydrogen-bond acceptors (Lipinski definition) is 3. The first-order chi connectivity index (χ1) is 11.7. The van der Waals surface area contributed by atoms with Gasteiger partial charge in [0, 0.05) is 31.3 Å². The van der Waals surface area contributed by atoms with Gasteiger partial charge in [-0.2, -0.15) is 0 Å². The van der Waals surface area contributed by atoms with Gasteiger partial charge in [-0.1, -0.05) is 36.4 Å². The molecule has 1 aliphatic rings. The minimum absolute atomic E-state index is 0.187. The monoisotopic (exact) mass is 326 g/mol. The smallest absolute Gasteiger partial charge is 0.321 e. The highest BCUT2D eigenvalue weighted by molar-refractivity contribution is 5.89. The van der Waals surface area contributed by atoms with Crippen molar-refractivity contribution >= 4 is 11.7 Å². The Labute approximate surface area is 141 Å². The molecule has 2 aromatic carbocycles. The average molecular weight is 326 g/mol. The Morgan fingerprint density at radius 2 is 2.04 bits per heavy atom. The number of carbonyl (C=O) groups excluding carboxylic acids is 1. The Kier molecular flexibility index (Phi) is 5.33. The van der Waals surface area contributed by atoms with Crippen LogP contribution in [0, 0.1) is 0 Å². The van der Waals surface area contributed by atoms with Gasteiger partial charge in [0.15, 0.2) is 0 Å². The van der Waals surface area contributed by atoms with Crippen molar-refractivity contribution in [3.63, 3.8) is 0 Å². The number of nitrogens with zero attached hydrogens (tertiary/aromatic N) is 1. The number of aliphatic hydroxyl groups excluding tert-OH is 1. The SMILES string of the molecule is O=C(Nc1cccc(OCCc2ccccc2)c1)N1CCC(O)C1. The Bertz CT molecular complexity index is 675. The number of amides is 2. The van der Waals surface area contributed by atoms with E-state index < -0.39 is 6.10 Å². The lowest BCUT2D eigenvalue weighted by molar-refractivity contribution is 0.176. The van der Waals surface area contributed by atoms with Gasteiger partial charge in [0.2, 0.25) is 0 Å². The molecule has 1 atom stereocenters. The zero-order chi connectivity index (χ0) is 16.8. The van der Waals surface area contributed by atoms with Crippen LogP contribution in [0.15, 0.2) is 54.6 Å². The van der Waals surface area contributed by atoms with Crippen LogP contribution in [-0.2, 0) is 6.42 Å². The number of likely N-dealkylation sites (tertiary alicyclic amines) is 1. The number of aliphatic hydroxyl groups is 1. The summed E-state index contributed by atoms with van der Waals surface area (Å²) >= 11 is 0. The molecule has 0 spiro atoms. The van der Waals surface area contributed by atoms with Crippen molar-refractivity contribution in [3.05, 3.63) is 60.2 Å². The molecule has 126 valence electrons. The molecule has 3 rings (SSSR count). The summed E-state index contributed by atoms with van der Waals surface area (Å²) in [6.07, 6.45) is 1.06. The maximum atomic E-state index is 12.1. The van der Waals surface area contributed by atoms with E-state index in [-0.39, 0.29) is 6.03 Å². The topological polar surface area (TPSA) is 61.8 Å². The summed E-state index contributed by atoms with van der Waals surface area (Å²) in [5.41, 5.74) is 1.92. The number of urea groups is 1. The Hall–Kier alpha value is -2.53. The fourth-order valence-corrected chi connectivity index (χ4v) is 2.72. The van der Waals surface area contributed by atoms with E-state index in [0.29, 0.717) is 31.8 Å². The molecule has 0 radical (unpaired) electrons. The predicted molar refractivity (Wildman–Crippen MR) is 93.3 cm³/mol. The minimum Gasteiger partial charge on any atom is -0.493 e. The van der Waals surface area contributed by atoms with E-state index in [2.05, 4.69) is 17.4 Å². The number of carbonyl (C=O) groups is 1. The highest BCUT2D eigenvalue weighted by Gasteiger charge is 2.24. The summed E-state index contributed by atoms with van der Waals surface area (Å²) in [4.78, 5) is 13.8. The lowest BCUT2D eigenvalue weighted by Crippen LogP contribution is -2.33. The van der Waals surface area contributed by atoms with E-state index in [9.17, 15) is 9.90 Å². The van der Waals surface area contributed by atoms with Crippen LogP contribution in [0.5, 0.6) is 5.75 Å². The molecule has 1 unspecified atom stereocenters. The van der Waals surface area contributed by atoms with Crippen molar-refractivity contribution < 1.29 is 14.6 Å². The summed E-state index contributed by atoms with van der Waals surface area (Å²) in [6, 6.07) is 17.4. The number of hydrogen-bond donors (Lipinski definition) is 2. The normalized spacial score (nSPS) is 16.9. The van der Waals surface area contributed by atoms with E-state index in [1.54, 1.807) is 4.90 Å². The third-order valence-corrected chi connectivity index (χ3v) is 4.04. The molecule has 5 heteroatoms. The van der Waals surface area contributed by atoms with Crippen molar-refractivity contribution in [1.29, 1.82) is 0 Å². The Balaban J connectivity index is 1.51. The van der Waals surface area contributed by atoms with Gasteiger partial charge in [0.25, 0.3) is 0 Å². The first-order valence-electron chi connectivity index (χ1n) is 8.21. The van der Waals surface area contributed by atoms with E-state index in [0.717, 1.165) is 12.2 Å². The van der Waals surface area contributed by atoms with Crippen LogP contribution < -0.4 is 10.1 Å². The van der Waals surface area contributed by atoms with Crippen LogP contribution in [0.25, 0.3) is 0 Å². The molecular weight excluding hydrogens is 304 g/mol. The quantitative estimate of drug-likeness (QED) is 0.888. The second kappa shape index (κ2) is 7.84. The number of benzene rings is 2. The van der Waals surface area contributed by atoms with Gasteiger partial charge in [-0.3, -0.25) is 0 Å². The molecule has 1 aliphatic heterocycles. The predicted octanol–water partition coefficient (Wildman–Crippen LogP) is 2.91. The third kappa shape index (κ3) is 4.49. The zero-order valence-corrected chi connectivity index (χ0v) is 13.5. The van der Waals surface area contributed by atoms with Gasteiger partial charge < -0.3 is 20.1 Å². The van der Waals surface area contributed by atoms with Gasteiger partial charge in [-0.25, -0.2) is 4.79 Å². The molecule has 2 aromatic rings. The molecule has 0 bridgehead atoms. The zero-order valence-electron chi connectivity index (χ0n) is 13.5. The second-order valence-electron chi connectivity index (χ2n) is 5.93. The van der Waals surface area contributed by atoms with Crippen LogP contribution in [0.3, 0.4) is 0 Å². The summed E-state index contributed by atoms with van der Waals surface area (Å²) in [7, 11) is 0. The van der Waals surface area contributed by atoms with Crippen molar-refractivity contribution in [2.45, 2.75) is 18.9 Å². The van der Waals surface area contributed by atoms with Gasteiger partial charge in [-0.05, 0) is 24.1 Å². The van der Waals surface area contributed by atoms with Crippen LogP contribution >= 0.6 is 0 Å². The maximum Gasteiger partial charge on any atom is 0.321 e. The van der Waals surface area contributed by atoms with Crippen LogP contribution in [0.4, 0.5) is 10.5 Å². The molecular formula is C19H22N2O3. The highest BCUT2D eigenvalue weighted by Crippen LogP contribution is 2.19. The Morgan fingerprint density at radius 3 is 2.79 bits per heavy atom. The van der Waals surface area contributed by atoms with E-state index in [1.165, 1.54) is 5.56 Å². The van der Waals surface area contributed by atoms with Crippen LogP contribution in [-0.4, -0.2) is 41.8 Å². The molecule has 1 saturated heterocycles. The first kappa shape index (κ1) is 16.3. The minimum atomic E-state index is -0.414. The summed E-state index contributed by atoms with van der Waals surface area (Å²) in [6.45, 7) is 1.55. The summed E-state index contributed by atoms with van der Waals surface area (Å²) < 4.78 is 5.77. The lowest BCUT2D eigenvalue weighted by Gasteiger charge is -2.17.